The van der Waals surface area contributed by atoms with Gasteiger partial charge in [0, 0.05) is 24.6 Å². The van der Waals surface area contributed by atoms with E-state index in [-0.39, 0.29) is 17.3 Å². The van der Waals surface area contributed by atoms with Crippen LogP contribution < -0.4 is 0 Å². The smallest absolute Gasteiger partial charge is 0.309 e. The lowest BCUT2D eigenvalue weighted by atomic mass is 10.2. The van der Waals surface area contributed by atoms with E-state index in [1.165, 1.54) is 11.4 Å². The Labute approximate surface area is 123 Å². The Morgan fingerprint density at radius 1 is 1.25 bits per heavy atom. The van der Waals surface area contributed by atoms with Gasteiger partial charge in [0.1, 0.15) is 0 Å². The molecule has 1 fully saturated rings. The number of benzene rings is 1. The maximum Gasteiger partial charge on any atom is 0.309 e. The van der Waals surface area contributed by atoms with Gasteiger partial charge in [-0.1, -0.05) is 12.1 Å². The Balaban J connectivity index is 2.14. The van der Waals surface area contributed by atoms with Crippen LogP contribution in [0.3, 0.4) is 0 Å². The second kappa shape index (κ2) is 6.60. The van der Waals surface area contributed by atoms with Crippen LogP contribution in [0.4, 0.5) is 0 Å². The van der Waals surface area contributed by atoms with Gasteiger partial charge in [0.05, 0.1) is 18.4 Å². The molecule has 1 aliphatic rings. The molecule has 1 aromatic carbocycles. The summed E-state index contributed by atoms with van der Waals surface area (Å²) in [6, 6.07) is 6.41. The first-order valence-corrected chi connectivity index (χ1v) is 8.87. The highest BCUT2D eigenvalue weighted by Gasteiger charge is 2.25. The second-order valence-electron chi connectivity index (χ2n) is 4.41. The molecule has 0 N–H and O–H groups in total. The number of hydrogen-bond acceptors (Lipinski definition) is 5. The summed E-state index contributed by atoms with van der Waals surface area (Å²) in [5.41, 5.74) is 0.741. The van der Waals surface area contributed by atoms with Gasteiger partial charge in [0.25, 0.3) is 0 Å². The summed E-state index contributed by atoms with van der Waals surface area (Å²) in [6.07, 6.45) is 0.150. The van der Waals surface area contributed by atoms with E-state index < -0.39 is 10.0 Å². The van der Waals surface area contributed by atoms with Gasteiger partial charge in [-0.2, -0.15) is 16.1 Å². The van der Waals surface area contributed by atoms with Crippen LogP contribution in [0.2, 0.25) is 0 Å². The van der Waals surface area contributed by atoms with E-state index in [4.69, 9.17) is 0 Å². The topological polar surface area (TPSA) is 63.7 Å². The van der Waals surface area contributed by atoms with E-state index in [0.29, 0.717) is 13.1 Å². The molecule has 0 atom stereocenters. The molecule has 0 unspecified atom stereocenters. The summed E-state index contributed by atoms with van der Waals surface area (Å²) in [5.74, 6) is 1.33. The highest BCUT2D eigenvalue weighted by atomic mass is 32.2. The molecular formula is C13H17NO4S2. The summed E-state index contributed by atoms with van der Waals surface area (Å²) in [4.78, 5) is 11.4. The highest BCUT2D eigenvalue weighted by molar-refractivity contribution is 7.99. The van der Waals surface area contributed by atoms with Crippen molar-refractivity contribution >= 4 is 27.8 Å². The van der Waals surface area contributed by atoms with Gasteiger partial charge in [-0.15, -0.1) is 0 Å². The lowest BCUT2D eigenvalue weighted by molar-refractivity contribution is -0.139. The highest BCUT2D eigenvalue weighted by Crippen LogP contribution is 2.20. The van der Waals surface area contributed by atoms with Gasteiger partial charge < -0.3 is 4.74 Å². The monoisotopic (exact) mass is 315 g/mol. The zero-order chi connectivity index (χ0) is 14.6. The first-order chi connectivity index (χ1) is 9.54. The van der Waals surface area contributed by atoms with Gasteiger partial charge in [-0.05, 0) is 17.7 Å². The number of carbonyl (C=O) groups is 1. The first-order valence-electron chi connectivity index (χ1n) is 6.27. The van der Waals surface area contributed by atoms with Crippen LogP contribution in [0, 0.1) is 0 Å². The van der Waals surface area contributed by atoms with Gasteiger partial charge in [0.15, 0.2) is 0 Å². The Morgan fingerprint density at radius 3 is 2.40 bits per heavy atom. The zero-order valence-electron chi connectivity index (χ0n) is 11.2. The van der Waals surface area contributed by atoms with Gasteiger partial charge >= 0.3 is 5.97 Å². The minimum Gasteiger partial charge on any atom is -0.469 e. The van der Waals surface area contributed by atoms with Crippen LogP contribution in [0.1, 0.15) is 5.56 Å². The van der Waals surface area contributed by atoms with Crippen LogP contribution in [-0.2, 0) is 26.0 Å². The number of sulfonamides is 1. The minimum absolute atomic E-state index is 0.150. The lowest BCUT2D eigenvalue weighted by Gasteiger charge is -2.25. The van der Waals surface area contributed by atoms with Crippen molar-refractivity contribution in [3.8, 4) is 0 Å². The fraction of sp³-hybridized carbons (Fsp3) is 0.462. The van der Waals surface area contributed by atoms with Gasteiger partial charge in [0.2, 0.25) is 10.0 Å². The Hall–Kier alpha value is -1.05. The molecule has 2 rings (SSSR count). The summed E-state index contributed by atoms with van der Waals surface area (Å²) >= 11 is 1.76. The van der Waals surface area contributed by atoms with Crippen molar-refractivity contribution in [3.63, 3.8) is 0 Å². The number of nitrogens with zero attached hydrogens (tertiary/aromatic N) is 1. The molecular weight excluding hydrogens is 298 g/mol. The summed E-state index contributed by atoms with van der Waals surface area (Å²) in [7, 11) is -2.08. The number of esters is 1. The third-order valence-corrected chi connectivity index (χ3v) is 5.96. The molecule has 7 heteroatoms. The van der Waals surface area contributed by atoms with Crippen LogP contribution in [-0.4, -0.2) is 50.4 Å². The average Bonchev–Trinajstić information content (AvgIpc) is 2.48. The van der Waals surface area contributed by atoms with E-state index in [1.54, 1.807) is 36.0 Å². The van der Waals surface area contributed by atoms with Crippen molar-refractivity contribution in [3.05, 3.63) is 29.8 Å². The molecule has 5 nitrogen and oxygen atoms in total. The van der Waals surface area contributed by atoms with Crippen LogP contribution in [0.25, 0.3) is 0 Å². The van der Waals surface area contributed by atoms with Crippen LogP contribution in [0.5, 0.6) is 0 Å². The Kier molecular flexibility index (Phi) is 5.06. The third-order valence-electron chi connectivity index (χ3n) is 3.11. The number of hydrogen-bond donors (Lipinski definition) is 0. The summed E-state index contributed by atoms with van der Waals surface area (Å²) in [5, 5.41) is 0. The minimum atomic E-state index is -3.41. The third kappa shape index (κ3) is 3.53. The molecule has 0 saturated carbocycles. The predicted octanol–water partition coefficient (Wildman–Crippen LogP) is 1.14. The second-order valence-corrected chi connectivity index (χ2v) is 7.58. The van der Waals surface area contributed by atoms with E-state index in [0.717, 1.165) is 17.1 Å². The predicted molar refractivity (Wildman–Crippen MR) is 78.2 cm³/mol. The summed E-state index contributed by atoms with van der Waals surface area (Å²) in [6.45, 7) is 1.10. The van der Waals surface area contributed by atoms with Crippen molar-refractivity contribution in [2.75, 3.05) is 31.7 Å². The molecule has 0 spiro atoms. The standard InChI is InChI=1S/C13H17NO4S2/c1-18-13(15)10-11-2-4-12(5-3-11)20(16,17)14-6-8-19-9-7-14/h2-5H,6-10H2,1H3. The van der Waals surface area contributed by atoms with E-state index >= 15 is 0 Å². The maximum absolute atomic E-state index is 12.4. The number of ether oxygens (including phenoxy) is 1. The van der Waals surface area contributed by atoms with Crippen molar-refractivity contribution in [1.82, 2.24) is 4.31 Å². The lowest BCUT2D eigenvalue weighted by Crippen LogP contribution is -2.37. The molecule has 110 valence electrons. The van der Waals surface area contributed by atoms with Crippen molar-refractivity contribution < 1.29 is 17.9 Å². The number of thioether (sulfide) groups is 1. The zero-order valence-corrected chi connectivity index (χ0v) is 12.9. The molecule has 0 aliphatic carbocycles. The summed E-state index contributed by atoms with van der Waals surface area (Å²) < 4.78 is 30.9. The fourth-order valence-electron chi connectivity index (χ4n) is 1.95. The molecule has 0 amide bonds. The maximum atomic E-state index is 12.4. The normalized spacial score (nSPS) is 16.9. The molecule has 1 saturated heterocycles. The van der Waals surface area contributed by atoms with E-state index in [2.05, 4.69) is 4.74 Å². The van der Waals surface area contributed by atoms with Gasteiger partial charge in [-0.25, -0.2) is 8.42 Å². The molecule has 0 radical (unpaired) electrons. The largest absolute Gasteiger partial charge is 0.469 e. The van der Waals surface area contributed by atoms with Crippen molar-refractivity contribution in [2.45, 2.75) is 11.3 Å². The molecule has 1 aromatic rings. The molecule has 20 heavy (non-hydrogen) atoms. The quantitative estimate of drug-likeness (QED) is 0.780. The number of carbonyl (C=O) groups excluding carboxylic acids is 1. The number of rotatable bonds is 4. The SMILES string of the molecule is COC(=O)Cc1ccc(S(=O)(=O)N2CCSCC2)cc1. The first kappa shape index (κ1) is 15.3. The molecule has 1 aliphatic heterocycles. The Morgan fingerprint density at radius 2 is 1.85 bits per heavy atom. The molecule has 1 heterocycles. The van der Waals surface area contributed by atoms with Crippen molar-refractivity contribution in [2.24, 2.45) is 0 Å². The van der Waals surface area contributed by atoms with Gasteiger partial charge in [-0.3, -0.25) is 4.79 Å². The van der Waals surface area contributed by atoms with Crippen molar-refractivity contribution in [1.29, 1.82) is 0 Å². The molecule has 0 aromatic heterocycles. The van der Waals surface area contributed by atoms with E-state index in [1.807, 2.05) is 0 Å². The average molecular weight is 315 g/mol. The Bertz CT molecular complexity index is 563. The van der Waals surface area contributed by atoms with E-state index in [9.17, 15) is 13.2 Å². The van der Waals surface area contributed by atoms with Crippen LogP contribution >= 0.6 is 11.8 Å². The molecule has 0 bridgehead atoms. The fourth-order valence-corrected chi connectivity index (χ4v) is 4.53. The number of methoxy groups -OCH3 is 1. The van der Waals surface area contributed by atoms with Crippen LogP contribution in [0.15, 0.2) is 29.2 Å².